The van der Waals surface area contributed by atoms with Crippen LogP contribution in [-0.2, 0) is 0 Å². The molecule has 0 aliphatic heterocycles. The van der Waals surface area contributed by atoms with Crippen molar-refractivity contribution in [2.45, 2.75) is 13.8 Å². The molecule has 1 heterocycles. The van der Waals surface area contributed by atoms with Crippen LogP contribution in [-0.4, -0.2) is 20.9 Å². The topological polar surface area (TPSA) is 59.8 Å². The second kappa shape index (κ2) is 6.52. The lowest BCUT2D eigenvalue weighted by Crippen LogP contribution is -2.14. The number of anilines is 1. The van der Waals surface area contributed by atoms with Crippen molar-refractivity contribution in [3.63, 3.8) is 0 Å². The molecule has 3 aromatic rings. The minimum Gasteiger partial charge on any atom is -0.303 e. The summed E-state index contributed by atoms with van der Waals surface area (Å²) >= 11 is 3.36. The maximum atomic E-state index is 13.0. The van der Waals surface area contributed by atoms with Crippen LogP contribution >= 0.6 is 15.9 Å². The molecule has 1 N–H and O–H groups in total. The normalized spacial score (nSPS) is 10.7. The second-order valence-electron chi connectivity index (χ2n) is 5.33. The lowest BCUT2D eigenvalue weighted by atomic mass is 10.1. The van der Waals surface area contributed by atoms with Gasteiger partial charge >= 0.3 is 0 Å². The van der Waals surface area contributed by atoms with E-state index in [9.17, 15) is 9.18 Å². The first-order valence-corrected chi connectivity index (χ1v) is 8.01. The maximum Gasteiger partial charge on any atom is 0.257 e. The molecule has 7 heteroatoms. The highest BCUT2D eigenvalue weighted by molar-refractivity contribution is 9.10. The summed E-state index contributed by atoms with van der Waals surface area (Å²) in [5.74, 6) is -0.220. The van der Waals surface area contributed by atoms with E-state index >= 15 is 0 Å². The number of rotatable bonds is 3. The lowest BCUT2D eigenvalue weighted by Gasteiger charge is -2.07. The fraction of sp³-hybridized carbons (Fsp3) is 0.118. The van der Waals surface area contributed by atoms with Crippen molar-refractivity contribution in [2.75, 3.05) is 5.32 Å². The van der Waals surface area contributed by atoms with Gasteiger partial charge in [-0.2, -0.15) is 0 Å². The van der Waals surface area contributed by atoms with Crippen LogP contribution in [0.1, 0.15) is 21.6 Å². The molecule has 1 amide bonds. The van der Waals surface area contributed by atoms with Gasteiger partial charge in [-0.3, -0.25) is 4.79 Å². The summed E-state index contributed by atoms with van der Waals surface area (Å²) in [6.45, 7) is 3.65. The van der Waals surface area contributed by atoms with Gasteiger partial charge in [-0.1, -0.05) is 27.2 Å². The number of aryl methyl sites for hydroxylation is 1. The molecule has 0 saturated heterocycles. The molecule has 0 unspecified atom stereocenters. The molecule has 0 aliphatic rings. The smallest absolute Gasteiger partial charge is 0.257 e. The number of amides is 1. The van der Waals surface area contributed by atoms with Crippen molar-refractivity contribution in [1.82, 2.24) is 15.0 Å². The summed E-state index contributed by atoms with van der Waals surface area (Å²) < 4.78 is 15.4. The molecule has 0 saturated carbocycles. The molecular formula is C17H14BrFN4O. The van der Waals surface area contributed by atoms with Gasteiger partial charge < -0.3 is 5.32 Å². The van der Waals surface area contributed by atoms with Crippen LogP contribution in [0.4, 0.5) is 10.2 Å². The van der Waals surface area contributed by atoms with Crippen LogP contribution in [0.15, 0.2) is 46.9 Å². The lowest BCUT2D eigenvalue weighted by molar-refractivity contribution is 0.102. The molecule has 0 atom stereocenters. The SMILES string of the molecule is Cc1ccc(Br)cc1C(=O)Nc1nnn(-c2ccc(F)cc2)c1C. The summed E-state index contributed by atoms with van der Waals surface area (Å²) in [5.41, 5.74) is 2.74. The summed E-state index contributed by atoms with van der Waals surface area (Å²) in [6, 6.07) is 11.4. The molecule has 5 nitrogen and oxygen atoms in total. The van der Waals surface area contributed by atoms with E-state index in [0.29, 0.717) is 22.8 Å². The Labute approximate surface area is 146 Å². The second-order valence-corrected chi connectivity index (χ2v) is 6.24. The van der Waals surface area contributed by atoms with Gasteiger partial charge in [0.05, 0.1) is 11.4 Å². The Hall–Kier alpha value is -2.54. The largest absolute Gasteiger partial charge is 0.303 e. The van der Waals surface area contributed by atoms with Crippen molar-refractivity contribution >= 4 is 27.7 Å². The Balaban J connectivity index is 1.87. The zero-order chi connectivity index (χ0) is 17.3. The Kier molecular flexibility index (Phi) is 4.44. The predicted molar refractivity (Wildman–Crippen MR) is 92.9 cm³/mol. The van der Waals surface area contributed by atoms with Gasteiger partial charge in [0.25, 0.3) is 5.91 Å². The Morgan fingerprint density at radius 3 is 2.58 bits per heavy atom. The number of carbonyl (C=O) groups is 1. The quantitative estimate of drug-likeness (QED) is 0.736. The molecule has 122 valence electrons. The summed E-state index contributed by atoms with van der Waals surface area (Å²) in [4.78, 5) is 12.5. The van der Waals surface area contributed by atoms with E-state index in [2.05, 4.69) is 31.6 Å². The Bertz CT molecular complexity index is 905. The van der Waals surface area contributed by atoms with Gasteiger partial charge in [-0.15, -0.1) is 5.10 Å². The molecule has 0 radical (unpaired) electrons. The van der Waals surface area contributed by atoms with Crippen molar-refractivity contribution in [3.8, 4) is 5.69 Å². The van der Waals surface area contributed by atoms with Crippen molar-refractivity contribution in [2.24, 2.45) is 0 Å². The zero-order valence-corrected chi connectivity index (χ0v) is 14.6. The van der Waals surface area contributed by atoms with E-state index in [1.807, 2.05) is 19.1 Å². The molecule has 0 aliphatic carbocycles. The van der Waals surface area contributed by atoms with Crippen LogP contribution in [0, 0.1) is 19.7 Å². The summed E-state index contributed by atoms with van der Waals surface area (Å²) in [6.07, 6.45) is 0. The van der Waals surface area contributed by atoms with Gasteiger partial charge in [0.2, 0.25) is 0 Å². The van der Waals surface area contributed by atoms with Crippen LogP contribution in [0.25, 0.3) is 5.69 Å². The Morgan fingerprint density at radius 2 is 1.88 bits per heavy atom. The third-order valence-electron chi connectivity index (χ3n) is 3.64. The number of carbonyl (C=O) groups excluding carboxylic acids is 1. The minimum absolute atomic E-state index is 0.261. The third kappa shape index (κ3) is 3.21. The number of nitrogens with one attached hydrogen (secondary N) is 1. The first-order chi connectivity index (χ1) is 11.5. The standard InChI is InChI=1S/C17H14BrFN4O/c1-10-3-4-12(18)9-15(10)17(24)20-16-11(2)23(22-21-16)14-7-5-13(19)6-8-14/h3-9H,1-2H3,(H,20,24). The van der Waals surface area contributed by atoms with Crippen molar-refractivity contribution in [3.05, 3.63) is 69.6 Å². The minimum atomic E-state index is -0.324. The van der Waals surface area contributed by atoms with Gasteiger partial charge in [0, 0.05) is 10.0 Å². The highest BCUT2D eigenvalue weighted by Crippen LogP contribution is 2.20. The highest BCUT2D eigenvalue weighted by atomic mass is 79.9. The third-order valence-corrected chi connectivity index (χ3v) is 4.14. The number of hydrogen-bond acceptors (Lipinski definition) is 3. The summed E-state index contributed by atoms with van der Waals surface area (Å²) in [5, 5.41) is 10.8. The van der Waals surface area contributed by atoms with Gasteiger partial charge in [-0.05, 0) is 55.8 Å². The number of hydrogen-bond donors (Lipinski definition) is 1. The van der Waals surface area contributed by atoms with E-state index in [4.69, 9.17) is 0 Å². The summed E-state index contributed by atoms with van der Waals surface area (Å²) in [7, 11) is 0. The van der Waals surface area contributed by atoms with E-state index in [1.165, 1.54) is 12.1 Å². The highest BCUT2D eigenvalue weighted by Gasteiger charge is 2.15. The van der Waals surface area contributed by atoms with E-state index in [1.54, 1.807) is 29.8 Å². The molecule has 24 heavy (non-hydrogen) atoms. The first-order valence-electron chi connectivity index (χ1n) is 7.21. The molecule has 0 bridgehead atoms. The van der Waals surface area contributed by atoms with Crippen LogP contribution in [0.5, 0.6) is 0 Å². The molecule has 1 aromatic heterocycles. The van der Waals surface area contributed by atoms with Gasteiger partial charge in [0.1, 0.15) is 5.82 Å². The fourth-order valence-electron chi connectivity index (χ4n) is 2.29. The average molecular weight is 389 g/mol. The van der Waals surface area contributed by atoms with Crippen molar-refractivity contribution < 1.29 is 9.18 Å². The molecular weight excluding hydrogens is 375 g/mol. The van der Waals surface area contributed by atoms with Crippen molar-refractivity contribution in [1.29, 1.82) is 0 Å². The van der Waals surface area contributed by atoms with Gasteiger partial charge in [0.15, 0.2) is 5.82 Å². The van der Waals surface area contributed by atoms with E-state index in [0.717, 1.165) is 10.0 Å². The number of aromatic nitrogens is 3. The first kappa shape index (κ1) is 16.3. The van der Waals surface area contributed by atoms with E-state index < -0.39 is 0 Å². The Morgan fingerprint density at radius 1 is 1.17 bits per heavy atom. The number of nitrogens with zero attached hydrogens (tertiary/aromatic N) is 3. The number of benzene rings is 2. The molecule has 0 fully saturated rings. The molecule has 0 spiro atoms. The maximum absolute atomic E-state index is 13.0. The van der Waals surface area contributed by atoms with Crippen LogP contribution in [0.2, 0.25) is 0 Å². The average Bonchev–Trinajstić information content (AvgIpc) is 2.91. The number of halogens is 2. The van der Waals surface area contributed by atoms with Crippen LogP contribution in [0.3, 0.4) is 0 Å². The molecule has 2 aromatic carbocycles. The zero-order valence-electron chi connectivity index (χ0n) is 13.0. The van der Waals surface area contributed by atoms with Crippen LogP contribution < -0.4 is 5.32 Å². The molecule has 3 rings (SSSR count). The predicted octanol–water partition coefficient (Wildman–Crippen LogP) is 4.04. The fourth-order valence-corrected chi connectivity index (χ4v) is 2.65. The van der Waals surface area contributed by atoms with Gasteiger partial charge in [-0.25, -0.2) is 9.07 Å². The monoisotopic (exact) mass is 388 g/mol. The van der Waals surface area contributed by atoms with E-state index in [-0.39, 0.29) is 11.7 Å².